The van der Waals surface area contributed by atoms with Gasteiger partial charge < -0.3 is 9.64 Å². The largest absolute Gasteiger partial charge is 0.445 e. The summed E-state index contributed by atoms with van der Waals surface area (Å²) in [7, 11) is 0. The zero-order valence-corrected chi connectivity index (χ0v) is 17.0. The normalized spacial score (nSPS) is 15.0. The van der Waals surface area contributed by atoms with Gasteiger partial charge in [0.1, 0.15) is 6.61 Å². The van der Waals surface area contributed by atoms with Crippen molar-refractivity contribution in [1.29, 1.82) is 0 Å². The summed E-state index contributed by atoms with van der Waals surface area (Å²) in [6.45, 7) is 16.5. The van der Waals surface area contributed by atoms with Crippen LogP contribution < -0.4 is 0 Å². The lowest BCUT2D eigenvalue weighted by Gasteiger charge is -2.20. The average Bonchev–Trinajstić information content (AvgIpc) is 3.09. The first-order valence-corrected chi connectivity index (χ1v) is 9.22. The van der Waals surface area contributed by atoms with Gasteiger partial charge in [-0.1, -0.05) is 62.4 Å². The fourth-order valence-electron chi connectivity index (χ4n) is 2.01. The van der Waals surface area contributed by atoms with Crippen LogP contribution in [0.25, 0.3) is 0 Å². The van der Waals surface area contributed by atoms with Crippen LogP contribution in [-0.2, 0) is 11.3 Å². The molecule has 3 heteroatoms. The second-order valence-electron chi connectivity index (χ2n) is 5.30. The Morgan fingerprint density at radius 2 is 1.72 bits per heavy atom. The molecule has 0 saturated carbocycles. The Hall–Kier alpha value is -2.03. The van der Waals surface area contributed by atoms with Crippen molar-refractivity contribution >= 4 is 6.09 Å². The summed E-state index contributed by atoms with van der Waals surface area (Å²) in [5.74, 6) is 0. The van der Waals surface area contributed by atoms with Crippen molar-refractivity contribution in [2.75, 3.05) is 6.54 Å². The molecule has 0 radical (unpaired) electrons. The minimum atomic E-state index is -0.186. The second-order valence-corrected chi connectivity index (χ2v) is 5.30. The molecule has 2 rings (SSSR count). The number of nitrogens with zero attached hydrogens (tertiary/aromatic N) is 1. The van der Waals surface area contributed by atoms with Crippen LogP contribution in [0.2, 0.25) is 0 Å². The van der Waals surface area contributed by atoms with E-state index in [2.05, 4.69) is 13.5 Å². The van der Waals surface area contributed by atoms with Gasteiger partial charge in [-0.3, -0.25) is 0 Å². The lowest BCUT2D eigenvalue weighted by molar-refractivity contribution is 0.0944. The van der Waals surface area contributed by atoms with Crippen molar-refractivity contribution in [2.45, 2.75) is 67.0 Å². The lowest BCUT2D eigenvalue weighted by Crippen LogP contribution is -2.33. The second kappa shape index (κ2) is 18.3. The summed E-state index contributed by atoms with van der Waals surface area (Å²) < 4.78 is 5.27. The molecule has 0 aromatic heterocycles. The van der Waals surface area contributed by atoms with E-state index in [4.69, 9.17) is 4.74 Å². The summed E-state index contributed by atoms with van der Waals surface area (Å²) in [4.78, 5) is 13.5. The van der Waals surface area contributed by atoms with Crippen LogP contribution in [0.4, 0.5) is 4.79 Å². The topological polar surface area (TPSA) is 29.5 Å². The van der Waals surface area contributed by atoms with E-state index >= 15 is 0 Å². The van der Waals surface area contributed by atoms with E-state index < -0.39 is 0 Å². The van der Waals surface area contributed by atoms with Gasteiger partial charge in [-0.15, -0.1) is 6.58 Å². The van der Waals surface area contributed by atoms with Crippen LogP contribution in [0.3, 0.4) is 0 Å². The molecule has 1 heterocycles. The van der Waals surface area contributed by atoms with Crippen LogP contribution >= 0.6 is 0 Å². The van der Waals surface area contributed by atoms with Crippen LogP contribution in [0, 0.1) is 0 Å². The Kier molecular flexibility index (Phi) is 18.5. The third-order valence-corrected chi connectivity index (χ3v) is 3.33. The van der Waals surface area contributed by atoms with E-state index in [1.807, 2.05) is 82.0 Å². The lowest BCUT2D eigenvalue weighted by atomic mass is 10.2. The molecular weight excluding hydrogens is 310 g/mol. The Labute approximate surface area is 155 Å². The molecule has 1 aliphatic heterocycles. The quantitative estimate of drug-likeness (QED) is 0.563. The first kappa shape index (κ1) is 25.2. The minimum absolute atomic E-state index is 0.186. The highest BCUT2D eigenvalue weighted by atomic mass is 16.6. The maximum Gasteiger partial charge on any atom is 0.410 e. The number of ether oxygens (including phenoxy) is 1. The monoisotopic (exact) mass is 347 g/mol. The van der Waals surface area contributed by atoms with Gasteiger partial charge in [-0.25, -0.2) is 4.79 Å². The smallest absolute Gasteiger partial charge is 0.410 e. The number of likely N-dealkylation sites (tertiary alicyclic amines) is 1. The molecular formula is C22H37NO2. The zero-order valence-electron chi connectivity index (χ0n) is 17.0. The third-order valence-electron chi connectivity index (χ3n) is 3.33. The summed E-state index contributed by atoms with van der Waals surface area (Å²) in [6, 6.07) is 10.1. The number of allylic oxidation sites excluding steroid dienone is 3. The molecule has 0 spiro atoms. The maximum atomic E-state index is 11.7. The molecule has 0 bridgehead atoms. The van der Waals surface area contributed by atoms with Gasteiger partial charge >= 0.3 is 6.09 Å². The molecule has 0 aliphatic carbocycles. The molecule has 1 aromatic carbocycles. The highest BCUT2D eigenvalue weighted by molar-refractivity contribution is 5.68. The van der Waals surface area contributed by atoms with Gasteiger partial charge in [0, 0.05) is 12.6 Å². The van der Waals surface area contributed by atoms with E-state index in [0.717, 1.165) is 24.9 Å². The minimum Gasteiger partial charge on any atom is -0.445 e. The first-order chi connectivity index (χ1) is 12.1. The maximum absolute atomic E-state index is 11.7. The number of carbonyl (C=O) groups is 1. The van der Waals surface area contributed by atoms with Gasteiger partial charge in [0.15, 0.2) is 0 Å². The van der Waals surface area contributed by atoms with Crippen LogP contribution in [0.15, 0.2) is 55.1 Å². The Morgan fingerprint density at radius 1 is 1.20 bits per heavy atom. The SMILES string of the molecule is C/C=C\C.C=CC.CC.CC1CCCN1C(=O)OCc1ccccc1. The van der Waals surface area contributed by atoms with Gasteiger partial charge in [0.25, 0.3) is 0 Å². The number of rotatable bonds is 2. The molecule has 0 N–H and O–H groups in total. The predicted molar refractivity (Wildman–Crippen MR) is 110 cm³/mol. The molecule has 3 nitrogen and oxygen atoms in total. The van der Waals surface area contributed by atoms with Crippen LogP contribution in [-0.4, -0.2) is 23.6 Å². The third kappa shape index (κ3) is 13.0. The molecule has 1 aliphatic rings. The number of carbonyl (C=O) groups excluding carboxylic acids is 1. The van der Waals surface area contributed by atoms with Gasteiger partial charge in [0.2, 0.25) is 0 Å². The van der Waals surface area contributed by atoms with E-state index in [0.29, 0.717) is 12.6 Å². The Bertz CT molecular complexity index is 450. The van der Waals surface area contributed by atoms with E-state index in [1.54, 1.807) is 6.08 Å². The van der Waals surface area contributed by atoms with Gasteiger partial charge in [-0.2, -0.15) is 0 Å². The van der Waals surface area contributed by atoms with Crippen molar-refractivity contribution in [1.82, 2.24) is 4.90 Å². The van der Waals surface area contributed by atoms with E-state index in [1.165, 1.54) is 0 Å². The average molecular weight is 348 g/mol. The predicted octanol–water partition coefficient (Wildman–Crippen LogP) is 6.61. The van der Waals surface area contributed by atoms with Gasteiger partial charge in [-0.05, 0) is 46.1 Å². The first-order valence-electron chi connectivity index (χ1n) is 9.22. The number of hydrogen-bond acceptors (Lipinski definition) is 2. The van der Waals surface area contributed by atoms with Crippen molar-refractivity contribution in [2.24, 2.45) is 0 Å². The summed E-state index contributed by atoms with van der Waals surface area (Å²) in [6.07, 6.45) is 7.73. The standard InChI is InChI=1S/C13H17NO2.C4H8.C3H6.C2H6/c1-11-6-5-9-14(11)13(15)16-10-12-7-3-2-4-8-12;1-3-4-2;1-3-2;1-2/h2-4,7-8,11H,5-6,9-10H2,1H3;3-4H,1-2H3;3H,1H2,2H3;1-2H3/b;4-3-;;. The zero-order chi connectivity index (χ0) is 19.5. The summed E-state index contributed by atoms with van der Waals surface area (Å²) >= 11 is 0. The van der Waals surface area contributed by atoms with Crippen LogP contribution in [0.5, 0.6) is 0 Å². The van der Waals surface area contributed by atoms with Gasteiger partial charge in [0.05, 0.1) is 0 Å². The fourth-order valence-corrected chi connectivity index (χ4v) is 2.01. The molecule has 1 aromatic rings. The highest BCUT2D eigenvalue weighted by Crippen LogP contribution is 2.17. The molecule has 1 amide bonds. The Balaban J connectivity index is 0. The van der Waals surface area contributed by atoms with E-state index in [9.17, 15) is 4.79 Å². The Morgan fingerprint density at radius 3 is 2.12 bits per heavy atom. The van der Waals surface area contributed by atoms with Crippen molar-refractivity contribution in [3.05, 3.63) is 60.7 Å². The molecule has 1 saturated heterocycles. The fraction of sp³-hybridized carbons (Fsp3) is 0.500. The number of benzene rings is 1. The molecule has 1 unspecified atom stereocenters. The molecule has 25 heavy (non-hydrogen) atoms. The van der Waals surface area contributed by atoms with E-state index in [-0.39, 0.29) is 6.09 Å². The van der Waals surface area contributed by atoms with Crippen molar-refractivity contribution in [3.63, 3.8) is 0 Å². The molecule has 142 valence electrons. The summed E-state index contributed by atoms with van der Waals surface area (Å²) in [5, 5.41) is 0. The highest BCUT2D eigenvalue weighted by Gasteiger charge is 2.25. The summed E-state index contributed by atoms with van der Waals surface area (Å²) in [5.41, 5.74) is 1.03. The number of hydrogen-bond donors (Lipinski definition) is 0. The molecule has 1 fully saturated rings. The molecule has 1 atom stereocenters. The van der Waals surface area contributed by atoms with Crippen LogP contribution in [0.1, 0.15) is 59.9 Å². The number of amides is 1. The van der Waals surface area contributed by atoms with Crippen molar-refractivity contribution < 1.29 is 9.53 Å². The van der Waals surface area contributed by atoms with Crippen molar-refractivity contribution in [3.8, 4) is 0 Å².